The maximum atomic E-state index is 4.87. The summed E-state index contributed by atoms with van der Waals surface area (Å²) in [6, 6.07) is 6.11. The predicted molar refractivity (Wildman–Crippen MR) is 136 cm³/mol. The van der Waals surface area contributed by atoms with Gasteiger partial charge < -0.3 is 14.5 Å². The summed E-state index contributed by atoms with van der Waals surface area (Å²) < 4.78 is 1.92. The Morgan fingerprint density at radius 2 is 2.12 bits per heavy atom. The van der Waals surface area contributed by atoms with Gasteiger partial charge in [-0.2, -0.15) is 5.10 Å². The molecular formula is C25H25N9. The van der Waals surface area contributed by atoms with Crippen LogP contribution in [0.4, 0.5) is 0 Å². The molecule has 1 aromatic carbocycles. The number of aromatic nitrogens is 7. The molecule has 0 unspecified atom stereocenters. The molecule has 0 aliphatic heterocycles. The van der Waals surface area contributed by atoms with Gasteiger partial charge >= 0.3 is 0 Å². The van der Waals surface area contributed by atoms with Gasteiger partial charge in [-0.3, -0.25) is 15.1 Å². The molecule has 0 bridgehead atoms. The van der Waals surface area contributed by atoms with Crippen molar-refractivity contribution in [1.82, 2.24) is 39.6 Å². The Balaban J connectivity index is 1.56. The predicted octanol–water partition coefficient (Wildman–Crippen LogP) is 4.15. The third-order valence-electron chi connectivity index (χ3n) is 5.47. The average molecular weight is 452 g/mol. The van der Waals surface area contributed by atoms with E-state index in [9.17, 15) is 0 Å². The first-order valence-electron chi connectivity index (χ1n) is 10.9. The van der Waals surface area contributed by atoms with Crippen molar-refractivity contribution < 1.29 is 0 Å². The molecule has 5 rings (SSSR count). The third kappa shape index (κ3) is 4.04. The first kappa shape index (κ1) is 21.5. The Kier molecular flexibility index (Phi) is 5.60. The molecule has 0 aliphatic carbocycles. The van der Waals surface area contributed by atoms with Crippen molar-refractivity contribution in [2.24, 2.45) is 4.99 Å². The van der Waals surface area contributed by atoms with Gasteiger partial charge in [-0.05, 0) is 44.3 Å². The van der Waals surface area contributed by atoms with E-state index in [1.54, 1.807) is 24.8 Å². The molecule has 5 aromatic rings. The fourth-order valence-electron chi connectivity index (χ4n) is 3.74. The van der Waals surface area contributed by atoms with Crippen molar-refractivity contribution in [2.45, 2.75) is 6.92 Å². The summed E-state index contributed by atoms with van der Waals surface area (Å²) in [5.74, 6) is 0.664. The van der Waals surface area contributed by atoms with Crippen molar-refractivity contribution in [3.63, 3.8) is 0 Å². The van der Waals surface area contributed by atoms with Gasteiger partial charge in [0.2, 0.25) is 0 Å². The van der Waals surface area contributed by atoms with Gasteiger partial charge in [-0.15, -0.1) is 0 Å². The number of hydrogen-bond acceptors (Lipinski definition) is 6. The average Bonchev–Trinajstić information content (AvgIpc) is 3.55. The van der Waals surface area contributed by atoms with E-state index in [0.717, 1.165) is 56.7 Å². The molecule has 2 N–H and O–H groups in total. The number of fused-ring (bicyclic) bond motifs is 2. The lowest BCUT2D eigenvalue weighted by molar-refractivity contribution is 0.473. The Bertz CT molecular complexity index is 1550. The fourth-order valence-corrected chi connectivity index (χ4v) is 3.74. The number of pyridine rings is 1. The van der Waals surface area contributed by atoms with Crippen LogP contribution in [0.15, 0.2) is 67.0 Å². The molecule has 0 saturated carbocycles. The lowest BCUT2D eigenvalue weighted by atomic mass is 10.0. The summed E-state index contributed by atoms with van der Waals surface area (Å²) in [4.78, 5) is 23.4. The number of aliphatic imine (C=N–C) groups is 1. The third-order valence-corrected chi connectivity index (χ3v) is 5.47. The van der Waals surface area contributed by atoms with E-state index in [-0.39, 0.29) is 0 Å². The molecule has 34 heavy (non-hydrogen) atoms. The van der Waals surface area contributed by atoms with E-state index >= 15 is 0 Å². The second kappa shape index (κ2) is 8.87. The minimum Gasteiger partial charge on any atom is -0.335 e. The van der Waals surface area contributed by atoms with Gasteiger partial charge in [0.1, 0.15) is 11.2 Å². The Labute approximate surface area is 196 Å². The number of nitrogens with one attached hydrogen (secondary N) is 2. The first-order valence-corrected chi connectivity index (χ1v) is 10.9. The monoisotopic (exact) mass is 451 g/mol. The van der Waals surface area contributed by atoms with Crippen LogP contribution in [-0.2, 0) is 0 Å². The minimum absolute atomic E-state index is 0.664. The standard InChI is InChI=1S/C25H25N9/c1-5-17(11-26-8-9-33(3)4)18-6-7-20-19(10-18)23(32-31-20)25-29-21-12-27-13-22(24(21)30-25)34-14-16(2)28-15-34/h5-8,10-15H,1,9H2,2-4H3,(H,29,30)(H,31,32)/b17-11+,26-8?. The maximum Gasteiger partial charge on any atom is 0.159 e. The number of hydrogen-bond donors (Lipinski definition) is 2. The zero-order valence-corrected chi connectivity index (χ0v) is 19.3. The number of allylic oxidation sites excluding steroid dienone is 2. The summed E-state index contributed by atoms with van der Waals surface area (Å²) in [6.45, 7) is 6.68. The van der Waals surface area contributed by atoms with Gasteiger partial charge in [-0.1, -0.05) is 18.7 Å². The molecule has 0 amide bonds. The maximum absolute atomic E-state index is 4.87. The van der Waals surface area contributed by atoms with Crippen molar-refractivity contribution in [1.29, 1.82) is 0 Å². The molecule has 170 valence electrons. The number of aromatic amines is 2. The molecule has 9 heteroatoms. The quantitative estimate of drug-likeness (QED) is 0.286. The smallest absolute Gasteiger partial charge is 0.159 e. The van der Waals surface area contributed by atoms with Gasteiger partial charge in [0.25, 0.3) is 0 Å². The van der Waals surface area contributed by atoms with Gasteiger partial charge in [-0.25, -0.2) is 9.97 Å². The van der Waals surface area contributed by atoms with Crippen LogP contribution >= 0.6 is 0 Å². The van der Waals surface area contributed by atoms with Gasteiger partial charge in [0, 0.05) is 30.5 Å². The Morgan fingerprint density at radius 1 is 1.24 bits per heavy atom. The zero-order valence-electron chi connectivity index (χ0n) is 19.3. The Morgan fingerprint density at radius 3 is 2.88 bits per heavy atom. The van der Waals surface area contributed by atoms with E-state index in [2.05, 4.69) is 47.7 Å². The largest absolute Gasteiger partial charge is 0.335 e. The van der Waals surface area contributed by atoms with Crippen LogP contribution in [0.5, 0.6) is 0 Å². The molecule has 4 heterocycles. The fraction of sp³-hybridized carbons (Fsp3) is 0.160. The molecule has 0 saturated heterocycles. The van der Waals surface area contributed by atoms with Crippen molar-refractivity contribution in [2.75, 3.05) is 20.6 Å². The summed E-state index contributed by atoms with van der Waals surface area (Å²) in [5, 5.41) is 8.61. The lowest BCUT2D eigenvalue weighted by Crippen LogP contribution is -2.13. The molecule has 4 aromatic heterocycles. The normalized spacial score (nSPS) is 12.5. The van der Waals surface area contributed by atoms with Crippen molar-refractivity contribution in [3.05, 3.63) is 73.2 Å². The molecular weight excluding hydrogens is 426 g/mol. The molecule has 0 aliphatic rings. The van der Waals surface area contributed by atoms with Crippen LogP contribution in [-0.4, -0.2) is 66.5 Å². The van der Waals surface area contributed by atoms with E-state index in [4.69, 9.17) is 4.98 Å². The summed E-state index contributed by atoms with van der Waals surface area (Å²) >= 11 is 0. The van der Waals surface area contributed by atoms with E-state index < -0.39 is 0 Å². The van der Waals surface area contributed by atoms with Crippen molar-refractivity contribution >= 4 is 33.7 Å². The number of nitrogens with zero attached hydrogens (tertiary/aromatic N) is 7. The molecule has 0 fully saturated rings. The highest BCUT2D eigenvalue weighted by Gasteiger charge is 2.16. The van der Waals surface area contributed by atoms with Gasteiger partial charge in [0.05, 0.1) is 41.1 Å². The lowest BCUT2D eigenvalue weighted by Gasteiger charge is -2.04. The van der Waals surface area contributed by atoms with Crippen molar-refractivity contribution in [3.8, 4) is 17.2 Å². The van der Waals surface area contributed by atoms with Crippen LogP contribution in [0.25, 0.3) is 44.7 Å². The molecule has 9 nitrogen and oxygen atoms in total. The van der Waals surface area contributed by atoms with Crippen LogP contribution in [0.2, 0.25) is 0 Å². The number of rotatable bonds is 7. The second-order valence-corrected chi connectivity index (χ2v) is 8.28. The van der Waals surface area contributed by atoms with E-state index in [1.807, 2.05) is 56.3 Å². The summed E-state index contributed by atoms with van der Waals surface area (Å²) in [6.07, 6.45) is 12.8. The molecule has 0 spiro atoms. The second-order valence-electron chi connectivity index (χ2n) is 8.28. The number of benzene rings is 1. The Hall–Kier alpha value is -4.37. The van der Waals surface area contributed by atoms with Crippen LogP contribution in [0.3, 0.4) is 0 Å². The molecule has 0 radical (unpaired) electrons. The SMILES string of the molecule is C=C/C(=C\N=CCN(C)C)c1ccc2[nH]nc(-c3nc4c(-n5cnc(C)c5)cncc4[nH]3)c2c1. The van der Waals surface area contributed by atoms with Crippen LogP contribution < -0.4 is 0 Å². The van der Waals surface area contributed by atoms with E-state index in [1.165, 1.54) is 0 Å². The van der Waals surface area contributed by atoms with Gasteiger partial charge in [0.15, 0.2) is 5.82 Å². The highest BCUT2D eigenvalue weighted by atomic mass is 15.1. The molecule has 0 atom stereocenters. The topological polar surface area (TPSA) is 104 Å². The highest BCUT2D eigenvalue weighted by Crippen LogP contribution is 2.30. The number of aryl methyl sites for hydroxylation is 1. The highest BCUT2D eigenvalue weighted by molar-refractivity contribution is 5.96. The summed E-state index contributed by atoms with van der Waals surface area (Å²) in [5.41, 5.74) is 6.99. The summed E-state index contributed by atoms with van der Waals surface area (Å²) in [7, 11) is 4.01. The van der Waals surface area contributed by atoms with Crippen LogP contribution in [0.1, 0.15) is 11.3 Å². The first-order chi connectivity index (χ1) is 16.5. The van der Waals surface area contributed by atoms with E-state index in [0.29, 0.717) is 5.82 Å². The zero-order chi connectivity index (χ0) is 23.7. The van der Waals surface area contributed by atoms with Crippen LogP contribution in [0, 0.1) is 6.92 Å². The number of imidazole rings is 2. The minimum atomic E-state index is 0.664. The number of H-pyrrole nitrogens is 2.